The molecule has 6 heteroatoms. The van der Waals surface area contributed by atoms with Crippen LogP contribution in [0.3, 0.4) is 0 Å². The van der Waals surface area contributed by atoms with E-state index in [1.165, 1.54) is 0 Å². The van der Waals surface area contributed by atoms with E-state index in [0.717, 1.165) is 5.56 Å². The molecule has 1 amide bonds. The van der Waals surface area contributed by atoms with Gasteiger partial charge in [0.2, 0.25) is 0 Å². The van der Waals surface area contributed by atoms with Gasteiger partial charge in [0.25, 0.3) is 5.91 Å². The first-order chi connectivity index (χ1) is 9.61. The Morgan fingerprint density at radius 2 is 2.20 bits per heavy atom. The van der Waals surface area contributed by atoms with Crippen LogP contribution in [0.15, 0.2) is 35.0 Å². The summed E-state index contributed by atoms with van der Waals surface area (Å²) >= 11 is 7.44. The maximum atomic E-state index is 12.2. The van der Waals surface area contributed by atoms with E-state index in [4.69, 9.17) is 23.1 Å². The predicted octanol–water partition coefficient (Wildman–Crippen LogP) is 2.80. The van der Waals surface area contributed by atoms with E-state index >= 15 is 0 Å². The van der Waals surface area contributed by atoms with Crippen LogP contribution in [0.2, 0.25) is 5.02 Å². The van der Waals surface area contributed by atoms with Crippen LogP contribution in [0.5, 0.6) is 0 Å². The number of carbonyl (C=O) groups excluding carboxylic acids is 1. The van der Waals surface area contributed by atoms with Gasteiger partial charge in [-0.2, -0.15) is 11.3 Å². The molecule has 0 aliphatic rings. The van der Waals surface area contributed by atoms with Gasteiger partial charge >= 0.3 is 0 Å². The van der Waals surface area contributed by atoms with Crippen molar-refractivity contribution in [2.45, 2.75) is 12.5 Å². The Hall–Kier alpha value is -1.56. The first kappa shape index (κ1) is 14.8. The number of hydrogen-bond acceptors (Lipinski definition) is 4. The lowest BCUT2D eigenvalue weighted by molar-refractivity contribution is 0.0935. The summed E-state index contributed by atoms with van der Waals surface area (Å²) in [6, 6.07) is 6.75. The minimum atomic E-state index is -0.182. The van der Waals surface area contributed by atoms with Crippen molar-refractivity contribution in [2.75, 3.05) is 12.3 Å². The second-order valence-electron chi connectivity index (χ2n) is 4.40. The highest BCUT2D eigenvalue weighted by atomic mass is 35.5. The van der Waals surface area contributed by atoms with Crippen molar-refractivity contribution < 1.29 is 4.79 Å². The molecule has 0 spiro atoms. The molecule has 1 aromatic heterocycles. The van der Waals surface area contributed by atoms with Crippen molar-refractivity contribution in [1.29, 1.82) is 0 Å². The zero-order chi connectivity index (χ0) is 14.5. The first-order valence-corrected chi connectivity index (χ1v) is 7.52. The van der Waals surface area contributed by atoms with Gasteiger partial charge in [0.1, 0.15) is 0 Å². The summed E-state index contributed by atoms with van der Waals surface area (Å²) in [5, 5.41) is 7.40. The van der Waals surface area contributed by atoms with Gasteiger partial charge < -0.3 is 16.8 Å². The lowest BCUT2D eigenvalue weighted by Crippen LogP contribution is -2.29. The van der Waals surface area contributed by atoms with Crippen LogP contribution in [0.25, 0.3) is 0 Å². The van der Waals surface area contributed by atoms with Gasteiger partial charge in [-0.15, -0.1) is 0 Å². The molecule has 106 valence electrons. The third kappa shape index (κ3) is 3.50. The highest BCUT2D eigenvalue weighted by Crippen LogP contribution is 2.22. The van der Waals surface area contributed by atoms with Crippen molar-refractivity contribution in [3.05, 3.63) is 51.2 Å². The van der Waals surface area contributed by atoms with Gasteiger partial charge in [-0.05, 0) is 53.6 Å². The largest absolute Gasteiger partial charge is 0.398 e. The van der Waals surface area contributed by atoms with E-state index in [9.17, 15) is 4.79 Å². The molecule has 0 radical (unpaired) electrons. The second-order valence-corrected chi connectivity index (χ2v) is 5.58. The zero-order valence-electron chi connectivity index (χ0n) is 10.8. The maximum Gasteiger partial charge on any atom is 0.251 e. The summed E-state index contributed by atoms with van der Waals surface area (Å²) in [6.07, 6.45) is 0.686. The highest BCUT2D eigenvalue weighted by molar-refractivity contribution is 7.07. The molecule has 4 nitrogen and oxygen atoms in total. The monoisotopic (exact) mass is 309 g/mol. The summed E-state index contributed by atoms with van der Waals surface area (Å²) in [7, 11) is 0. The smallest absolute Gasteiger partial charge is 0.251 e. The Bertz CT molecular complexity index is 586. The van der Waals surface area contributed by atoms with Crippen LogP contribution < -0.4 is 16.8 Å². The number of nitrogen functional groups attached to an aromatic ring is 1. The summed E-state index contributed by atoms with van der Waals surface area (Å²) in [4.78, 5) is 12.2. The molecule has 1 aromatic carbocycles. The number of amides is 1. The molecule has 0 bridgehead atoms. The van der Waals surface area contributed by atoms with E-state index in [0.29, 0.717) is 29.2 Å². The van der Waals surface area contributed by atoms with Crippen molar-refractivity contribution in [3.8, 4) is 0 Å². The Balaban J connectivity index is 2.13. The minimum Gasteiger partial charge on any atom is -0.398 e. The summed E-state index contributed by atoms with van der Waals surface area (Å²) in [5.74, 6) is -0.182. The van der Waals surface area contributed by atoms with Crippen LogP contribution in [0.1, 0.15) is 28.4 Å². The second kappa shape index (κ2) is 6.74. The number of rotatable bonds is 5. The molecule has 0 saturated heterocycles. The van der Waals surface area contributed by atoms with E-state index in [2.05, 4.69) is 5.32 Å². The van der Waals surface area contributed by atoms with Crippen molar-refractivity contribution in [3.63, 3.8) is 0 Å². The van der Waals surface area contributed by atoms with Gasteiger partial charge in [0, 0.05) is 5.56 Å². The third-order valence-corrected chi connectivity index (χ3v) is 4.01. The highest BCUT2D eigenvalue weighted by Gasteiger charge is 2.16. The fraction of sp³-hybridized carbons (Fsp3) is 0.214. The van der Waals surface area contributed by atoms with Gasteiger partial charge in [-0.3, -0.25) is 4.79 Å². The molecular weight excluding hydrogens is 294 g/mol. The van der Waals surface area contributed by atoms with Crippen LogP contribution in [-0.2, 0) is 0 Å². The molecule has 1 unspecified atom stereocenters. The number of thiophene rings is 1. The zero-order valence-corrected chi connectivity index (χ0v) is 12.4. The van der Waals surface area contributed by atoms with Crippen LogP contribution >= 0.6 is 22.9 Å². The molecule has 2 rings (SSSR count). The van der Waals surface area contributed by atoms with Gasteiger partial charge in [0.15, 0.2) is 0 Å². The number of anilines is 1. The van der Waals surface area contributed by atoms with Crippen molar-refractivity contribution in [2.24, 2.45) is 5.73 Å². The summed E-state index contributed by atoms with van der Waals surface area (Å²) in [6.45, 7) is 0.504. The SMILES string of the molecule is NCCC(NC(=O)c1ccc(Cl)c(N)c1)c1ccsc1. The summed E-state index contributed by atoms with van der Waals surface area (Å²) in [5.41, 5.74) is 13.3. The summed E-state index contributed by atoms with van der Waals surface area (Å²) < 4.78 is 0. The maximum absolute atomic E-state index is 12.2. The average Bonchev–Trinajstić information content (AvgIpc) is 2.95. The van der Waals surface area contributed by atoms with Crippen LogP contribution in [0.4, 0.5) is 5.69 Å². The molecule has 0 aliphatic carbocycles. The lowest BCUT2D eigenvalue weighted by atomic mass is 10.1. The fourth-order valence-corrected chi connectivity index (χ4v) is 2.72. The molecule has 0 aliphatic heterocycles. The van der Waals surface area contributed by atoms with Crippen molar-refractivity contribution in [1.82, 2.24) is 5.32 Å². The van der Waals surface area contributed by atoms with Gasteiger partial charge in [-0.25, -0.2) is 0 Å². The van der Waals surface area contributed by atoms with E-state index in [1.54, 1.807) is 29.5 Å². The van der Waals surface area contributed by atoms with Gasteiger partial charge in [-0.1, -0.05) is 11.6 Å². The van der Waals surface area contributed by atoms with Crippen LogP contribution in [0, 0.1) is 0 Å². The Morgan fingerprint density at radius 1 is 1.40 bits per heavy atom. The normalized spacial score (nSPS) is 12.1. The Labute approximate surface area is 126 Å². The Morgan fingerprint density at radius 3 is 2.80 bits per heavy atom. The van der Waals surface area contributed by atoms with E-state index in [-0.39, 0.29) is 11.9 Å². The topological polar surface area (TPSA) is 81.1 Å². The van der Waals surface area contributed by atoms with Gasteiger partial charge in [0.05, 0.1) is 16.8 Å². The predicted molar refractivity (Wildman–Crippen MR) is 84.1 cm³/mol. The molecule has 0 fully saturated rings. The number of nitrogens with one attached hydrogen (secondary N) is 1. The van der Waals surface area contributed by atoms with E-state index < -0.39 is 0 Å². The molecule has 5 N–H and O–H groups in total. The van der Waals surface area contributed by atoms with Crippen molar-refractivity contribution >= 4 is 34.5 Å². The number of nitrogens with two attached hydrogens (primary N) is 2. The number of halogens is 1. The third-order valence-electron chi connectivity index (χ3n) is 2.96. The molecule has 2 aromatic rings. The molecule has 0 saturated carbocycles. The number of benzene rings is 1. The standard InChI is InChI=1S/C14H16ClN3OS/c15-11-2-1-9(7-12(11)17)14(19)18-13(3-5-16)10-4-6-20-8-10/h1-2,4,6-8,13H,3,5,16-17H2,(H,18,19). The Kier molecular flexibility index (Phi) is 5.00. The number of hydrogen-bond donors (Lipinski definition) is 3. The average molecular weight is 310 g/mol. The quantitative estimate of drug-likeness (QED) is 0.743. The molecular formula is C14H16ClN3OS. The molecule has 1 atom stereocenters. The van der Waals surface area contributed by atoms with E-state index in [1.807, 2.05) is 16.8 Å². The van der Waals surface area contributed by atoms with Crippen LogP contribution in [-0.4, -0.2) is 12.5 Å². The first-order valence-electron chi connectivity index (χ1n) is 6.20. The molecule has 1 heterocycles. The minimum absolute atomic E-state index is 0.0874. The fourth-order valence-electron chi connectivity index (χ4n) is 1.89. The number of carbonyl (C=O) groups is 1. The lowest BCUT2D eigenvalue weighted by Gasteiger charge is -2.17. The molecule has 20 heavy (non-hydrogen) atoms.